The van der Waals surface area contributed by atoms with Gasteiger partial charge >= 0.3 is 0 Å². The molecule has 0 amide bonds. The Hall–Kier alpha value is -1.44. The lowest BCUT2D eigenvalue weighted by Gasteiger charge is -2.21. The van der Waals surface area contributed by atoms with Crippen molar-refractivity contribution in [3.8, 4) is 0 Å². The van der Waals surface area contributed by atoms with E-state index in [2.05, 4.69) is 13.0 Å². The van der Waals surface area contributed by atoms with Crippen molar-refractivity contribution in [3.63, 3.8) is 0 Å². The van der Waals surface area contributed by atoms with Crippen LogP contribution in [-0.4, -0.2) is 4.68 Å². The van der Waals surface area contributed by atoms with Crippen LogP contribution < -0.4 is 5.01 Å². The third-order valence-corrected chi connectivity index (χ3v) is 1.81. The second-order valence-electron chi connectivity index (χ2n) is 2.82. The smallest absolute Gasteiger partial charge is 0.0268 e. The van der Waals surface area contributed by atoms with E-state index in [1.165, 1.54) is 0 Å². The molecule has 2 heteroatoms. The minimum absolute atomic E-state index is 0.956. The molecule has 1 aliphatic rings. The summed E-state index contributed by atoms with van der Waals surface area (Å²) in [6, 6.07) is 4.00. The highest BCUT2D eigenvalue weighted by Crippen LogP contribution is 2.09. The van der Waals surface area contributed by atoms with Crippen molar-refractivity contribution >= 4 is 0 Å². The fourth-order valence-electron chi connectivity index (χ4n) is 1.22. The SMILES string of the molecule is [CH2]C1=CN(n2cccc2)C=CC1. The predicted molar refractivity (Wildman–Crippen MR) is 49.8 cm³/mol. The van der Waals surface area contributed by atoms with E-state index in [1.54, 1.807) is 0 Å². The molecule has 0 unspecified atom stereocenters. The van der Waals surface area contributed by atoms with Crippen LogP contribution in [0.4, 0.5) is 0 Å². The zero-order chi connectivity index (χ0) is 8.39. The summed E-state index contributed by atoms with van der Waals surface area (Å²) in [6.07, 6.45) is 11.1. The van der Waals surface area contributed by atoms with Crippen LogP contribution in [0.2, 0.25) is 0 Å². The normalized spacial score (nSPS) is 16.4. The molecule has 61 valence electrons. The van der Waals surface area contributed by atoms with E-state index < -0.39 is 0 Å². The highest BCUT2D eigenvalue weighted by Gasteiger charge is 2.01. The molecule has 0 bridgehead atoms. The fourth-order valence-corrected chi connectivity index (χ4v) is 1.22. The predicted octanol–water partition coefficient (Wildman–Crippen LogP) is 2.06. The summed E-state index contributed by atoms with van der Waals surface area (Å²) in [4.78, 5) is 0. The van der Waals surface area contributed by atoms with Gasteiger partial charge in [-0.25, -0.2) is 0 Å². The fraction of sp³-hybridized carbons (Fsp3) is 0.100. The zero-order valence-corrected chi connectivity index (χ0v) is 6.85. The van der Waals surface area contributed by atoms with Gasteiger partial charge in [-0.2, -0.15) is 0 Å². The van der Waals surface area contributed by atoms with E-state index in [4.69, 9.17) is 0 Å². The Morgan fingerprint density at radius 1 is 1.25 bits per heavy atom. The highest BCUT2D eigenvalue weighted by atomic mass is 15.5. The van der Waals surface area contributed by atoms with Crippen molar-refractivity contribution in [2.24, 2.45) is 0 Å². The van der Waals surface area contributed by atoms with Crippen molar-refractivity contribution in [2.75, 3.05) is 5.01 Å². The summed E-state index contributed by atoms with van der Waals surface area (Å²) >= 11 is 0. The summed E-state index contributed by atoms with van der Waals surface area (Å²) in [6.45, 7) is 3.91. The summed E-state index contributed by atoms with van der Waals surface area (Å²) in [5, 5.41) is 2.01. The molecule has 2 heterocycles. The summed E-state index contributed by atoms with van der Waals surface area (Å²) in [5.41, 5.74) is 1.13. The lowest BCUT2D eigenvalue weighted by molar-refractivity contribution is 0.790. The maximum Gasteiger partial charge on any atom is 0.0268 e. The standard InChI is InChI=1S/C10H11N2/c1-10-5-4-8-12(9-10)11-6-2-3-7-11/h2-4,6-9H,1,5H2. The Kier molecular flexibility index (Phi) is 1.74. The first-order chi connectivity index (χ1) is 5.86. The number of aromatic nitrogens is 1. The number of hydrogen-bond donors (Lipinski definition) is 0. The van der Waals surface area contributed by atoms with Crippen LogP contribution in [0.5, 0.6) is 0 Å². The molecule has 1 radical (unpaired) electrons. The first-order valence-electron chi connectivity index (χ1n) is 3.97. The first kappa shape index (κ1) is 7.22. The van der Waals surface area contributed by atoms with Crippen LogP contribution in [0, 0.1) is 6.92 Å². The number of nitrogens with zero attached hydrogens (tertiary/aromatic N) is 2. The van der Waals surface area contributed by atoms with Crippen molar-refractivity contribution in [3.05, 3.63) is 55.5 Å². The molecular formula is C10H11N2. The van der Waals surface area contributed by atoms with Gasteiger partial charge in [-0.3, -0.25) is 9.69 Å². The van der Waals surface area contributed by atoms with Crippen molar-refractivity contribution in [2.45, 2.75) is 6.42 Å². The topological polar surface area (TPSA) is 8.17 Å². The Balaban J connectivity index is 2.25. The van der Waals surface area contributed by atoms with Gasteiger partial charge in [0.1, 0.15) is 0 Å². The van der Waals surface area contributed by atoms with Gasteiger partial charge in [-0.1, -0.05) is 6.08 Å². The molecule has 1 aliphatic heterocycles. The Bertz CT molecular complexity index is 307. The minimum Gasteiger partial charge on any atom is -0.265 e. The molecule has 1 aromatic heterocycles. The van der Waals surface area contributed by atoms with Gasteiger partial charge in [-0.05, 0) is 31.1 Å². The van der Waals surface area contributed by atoms with Gasteiger partial charge in [-0.15, -0.1) is 0 Å². The highest BCUT2D eigenvalue weighted by molar-refractivity contribution is 5.26. The van der Waals surface area contributed by atoms with E-state index in [0.717, 1.165) is 12.0 Å². The molecule has 0 spiro atoms. The first-order valence-corrected chi connectivity index (χ1v) is 3.97. The van der Waals surface area contributed by atoms with Crippen LogP contribution in [0.15, 0.2) is 48.6 Å². The maximum absolute atomic E-state index is 3.91. The second kappa shape index (κ2) is 2.89. The Morgan fingerprint density at radius 3 is 2.67 bits per heavy atom. The third kappa shape index (κ3) is 1.28. The van der Waals surface area contributed by atoms with Crippen molar-refractivity contribution in [1.82, 2.24) is 4.68 Å². The largest absolute Gasteiger partial charge is 0.265 e. The average molecular weight is 159 g/mol. The summed E-state index contributed by atoms with van der Waals surface area (Å²) in [5.74, 6) is 0. The molecule has 0 N–H and O–H groups in total. The van der Waals surface area contributed by atoms with E-state index in [0.29, 0.717) is 0 Å². The second-order valence-corrected chi connectivity index (χ2v) is 2.82. The quantitative estimate of drug-likeness (QED) is 0.609. The van der Waals surface area contributed by atoms with E-state index in [-0.39, 0.29) is 0 Å². The van der Waals surface area contributed by atoms with Crippen LogP contribution in [0.1, 0.15) is 6.42 Å². The number of hydrogen-bond acceptors (Lipinski definition) is 1. The molecule has 0 fully saturated rings. The minimum atomic E-state index is 0.956. The van der Waals surface area contributed by atoms with E-state index in [1.807, 2.05) is 46.6 Å². The van der Waals surface area contributed by atoms with Gasteiger partial charge in [0.25, 0.3) is 0 Å². The Morgan fingerprint density at radius 2 is 2.00 bits per heavy atom. The van der Waals surface area contributed by atoms with Crippen LogP contribution in [0.3, 0.4) is 0 Å². The summed E-state index contributed by atoms with van der Waals surface area (Å²) in [7, 11) is 0. The summed E-state index contributed by atoms with van der Waals surface area (Å²) < 4.78 is 2.00. The van der Waals surface area contributed by atoms with Gasteiger partial charge in [0.2, 0.25) is 0 Å². The lowest BCUT2D eigenvalue weighted by atomic mass is 10.2. The number of allylic oxidation sites excluding steroid dienone is 2. The Labute approximate surface area is 72.4 Å². The number of rotatable bonds is 1. The molecule has 0 atom stereocenters. The van der Waals surface area contributed by atoms with Gasteiger partial charge in [0.15, 0.2) is 0 Å². The molecule has 0 aliphatic carbocycles. The van der Waals surface area contributed by atoms with Gasteiger partial charge in [0.05, 0.1) is 0 Å². The zero-order valence-electron chi connectivity index (χ0n) is 6.85. The molecule has 0 saturated carbocycles. The lowest BCUT2D eigenvalue weighted by Crippen LogP contribution is -2.22. The molecule has 2 rings (SSSR count). The van der Waals surface area contributed by atoms with Crippen LogP contribution in [-0.2, 0) is 0 Å². The molecule has 2 nitrogen and oxygen atoms in total. The molecule has 0 aromatic carbocycles. The van der Waals surface area contributed by atoms with Crippen molar-refractivity contribution < 1.29 is 0 Å². The molecule has 1 aromatic rings. The van der Waals surface area contributed by atoms with Gasteiger partial charge < -0.3 is 0 Å². The maximum atomic E-state index is 3.91. The average Bonchev–Trinajstić information content (AvgIpc) is 2.56. The molecule has 12 heavy (non-hydrogen) atoms. The van der Waals surface area contributed by atoms with Crippen molar-refractivity contribution in [1.29, 1.82) is 0 Å². The van der Waals surface area contributed by atoms with Crippen LogP contribution in [0.25, 0.3) is 0 Å². The monoisotopic (exact) mass is 159 g/mol. The van der Waals surface area contributed by atoms with Gasteiger partial charge in [0, 0.05) is 24.8 Å². The third-order valence-electron chi connectivity index (χ3n) is 1.81. The van der Waals surface area contributed by atoms with E-state index in [9.17, 15) is 0 Å². The van der Waals surface area contributed by atoms with Crippen LogP contribution >= 0.6 is 0 Å². The molecular weight excluding hydrogens is 148 g/mol. The van der Waals surface area contributed by atoms with E-state index >= 15 is 0 Å². The molecule has 0 saturated heterocycles.